The van der Waals surface area contributed by atoms with Gasteiger partial charge in [0.1, 0.15) is 0 Å². The molecule has 2 heterocycles. The summed E-state index contributed by atoms with van der Waals surface area (Å²) in [5.74, 6) is 0.484. The van der Waals surface area contributed by atoms with Crippen LogP contribution < -0.4 is 0 Å². The van der Waals surface area contributed by atoms with Gasteiger partial charge in [0.2, 0.25) is 0 Å². The molecule has 0 aromatic carbocycles. The first-order valence-corrected chi connectivity index (χ1v) is 6.85. The summed E-state index contributed by atoms with van der Waals surface area (Å²) in [6.07, 6.45) is 4.22. The lowest BCUT2D eigenvalue weighted by Gasteiger charge is -2.33. The van der Waals surface area contributed by atoms with Crippen LogP contribution in [0.2, 0.25) is 0 Å². The standard InChI is InChI=1S/C12H14BrClN2O/c1-8-2-3-16(7-11(8)14)12(17)9-4-10(13)6-15-5-9/h4-6,8,11H,2-3,7H2,1H3. The lowest BCUT2D eigenvalue weighted by atomic mass is 9.98. The second kappa shape index (κ2) is 5.36. The van der Waals surface area contributed by atoms with Gasteiger partial charge in [-0.15, -0.1) is 11.6 Å². The topological polar surface area (TPSA) is 33.2 Å². The second-order valence-electron chi connectivity index (χ2n) is 4.42. The fourth-order valence-electron chi connectivity index (χ4n) is 1.92. The minimum atomic E-state index is 0.0105. The number of nitrogens with zero attached hydrogens (tertiary/aromatic N) is 2. The summed E-state index contributed by atoms with van der Waals surface area (Å²) in [5.41, 5.74) is 0.609. The van der Waals surface area contributed by atoms with Gasteiger partial charge in [0.05, 0.1) is 10.9 Å². The van der Waals surface area contributed by atoms with Gasteiger partial charge in [-0.1, -0.05) is 6.92 Å². The van der Waals surface area contributed by atoms with Gasteiger partial charge in [0, 0.05) is 30.0 Å². The van der Waals surface area contributed by atoms with Crippen LogP contribution in [0, 0.1) is 5.92 Å². The summed E-state index contributed by atoms with van der Waals surface area (Å²) < 4.78 is 0.816. The van der Waals surface area contributed by atoms with Gasteiger partial charge in [-0.3, -0.25) is 9.78 Å². The minimum absolute atomic E-state index is 0.0105. The minimum Gasteiger partial charge on any atom is -0.337 e. The molecule has 1 aliphatic rings. The molecule has 2 unspecified atom stereocenters. The Morgan fingerprint density at radius 2 is 2.35 bits per heavy atom. The van der Waals surface area contributed by atoms with Crippen LogP contribution in [0.3, 0.4) is 0 Å². The third-order valence-corrected chi connectivity index (χ3v) is 4.11. The number of aromatic nitrogens is 1. The molecule has 0 aliphatic carbocycles. The molecular formula is C12H14BrClN2O. The Hall–Kier alpha value is -0.610. The van der Waals surface area contributed by atoms with Gasteiger partial charge >= 0.3 is 0 Å². The van der Waals surface area contributed by atoms with Crippen molar-refractivity contribution in [2.24, 2.45) is 5.92 Å². The first-order valence-electron chi connectivity index (χ1n) is 5.62. The molecule has 0 saturated carbocycles. The van der Waals surface area contributed by atoms with Gasteiger partial charge in [-0.05, 0) is 34.3 Å². The lowest BCUT2D eigenvalue weighted by Crippen LogP contribution is -2.43. The third-order valence-electron chi connectivity index (χ3n) is 3.11. The van der Waals surface area contributed by atoms with Crippen molar-refractivity contribution in [3.8, 4) is 0 Å². The maximum absolute atomic E-state index is 12.2. The SMILES string of the molecule is CC1CCN(C(=O)c2cncc(Br)c2)CC1Cl. The number of rotatable bonds is 1. The zero-order valence-electron chi connectivity index (χ0n) is 9.57. The molecule has 2 rings (SSSR count). The number of likely N-dealkylation sites (tertiary alicyclic amines) is 1. The molecular weight excluding hydrogens is 304 g/mol. The van der Waals surface area contributed by atoms with Crippen LogP contribution in [0.25, 0.3) is 0 Å². The molecule has 1 amide bonds. The van der Waals surface area contributed by atoms with Crippen LogP contribution in [0.1, 0.15) is 23.7 Å². The quantitative estimate of drug-likeness (QED) is 0.746. The molecule has 0 radical (unpaired) electrons. The summed E-state index contributed by atoms with van der Waals surface area (Å²) in [5, 5.41) is 0.0489. The van der Waals surface area contributed by atoms with E-state index < -0.39 is 0 Å². The van der Waals surface area contributed by atoms with Crippen LogP contribution in [-0.2, 0) is 0 Å². The Morgan fingerprint density at radius 1 is 1.59 bits per heavy atom. The maximum Gasteiger partial charge on any atom is 0.255 e. The van der Waals surface area contributed by atoms with Gasteiger partial charge in [0.25, 0.3) is 5.91 Å². The van der Waals surface area contributed by atoms with Crippen LogP contribution in [0.5, 0.6) is 0 Å². The largest absolute Gasteiger partial charge is 0.337 e. The molecule has 3 nitrogen and oxygen atoms in total. The molecule has 0 bridgehead atoms. The van der Waals surface area contributed by atoms with Crippen LogP contribution >= 0.6 is 27.5 Å². The van der Waals surface area contributed by atoms with E-state index in [4.69, 9.17) is 11.6 Å². The molecule has 1 aliphatic heterocycles. The lowest BCUT2D eigenvalue weighted by molar-refractivity contribution is 0.0701. The third kappa shape index (κ3) is 2.99. The number of carbonyl (C=O) groups excluding carboxylic acids is 1. The first-order chi connectivity index (χ1) is 8.08. The Bertz CT molecular complexity index is 427. The predicted octanol–water partition coefficient (Wildman–Crippen LogP) is 2.93. The number of hydrogen-bond acceptors (Lipinski definition) is 2. The normalized spacial score (nSPS) is 24.8. The zero-order valence-corrected chi connectivity index (χ0v) is 11.9. The Kier molecular flexibility index (Phi) is 4.05. The highest BCUT2D eigenvalue weighted by molar-refractivity contribution is 9.10. The van der Waals surface area contributed by atoms with Crippen molar-refractivity contribution in [2.75, 3.05) is 13.1 Å². The van der Waals surface area contributed by atoms with Crippen molar-refractivity contribution >= 4 is 33.4 Å². The van der Waals surface area contributed by atoms with Gasteiger partial charge in [0.15, 0.2) is 0 Å². The maximum atomic E-state index is 12.2. The van der Waals surface area contributed by atoms with Crippen LogP contribution in [0.15, 0.2) is 22.9 Å². The van der Waals surface area contributed by atoms with Crippen molar-refractivity contribution in [3.63, 3.8) is 0 Å². The number of alkyl halides is 1. The van der Waals surface area contributed by atoms with E-state index in [1.807, 2.05) is 0 Å². The average molecular weight is 318 g/mol. The molecule has 5 heteroatoms. The van der Waals surface area contributed by atoms with E-state index in [0.717, 1.165) is 17.4 Å². The molecule has 1 fully saturated rings. The summed E-state index contributed by atoms with van der Waals surface area (Å²) in [7, 11) is 0. The smallest absolute Gasteiger partial charge is 0.255 e. The fourth-order valence-corrected chi connectivity index (χ4v) is 2.58. The summed E-state index contributed by atoms with van der Waals surface area (Å²) in [4.78, 5) is 18.0. The van der Waals surface area contributed by atoms with Crippen molar-refractivity contribution in [1.29, 1.82) is 0 Å². The van der Waals surface area contributed by atoms with Crippen LogP contribution in [0.4, 0.5) is 0 Å². The zero-order chi connectivity index (χ0) is 12.4. The van der Waals surface area contributed by atoms with Gasteiger partial charge in [-0.25, -0.2) is 0 Å². The molecule has 1 saturated heterocycles. The summed E-state index contributed by atoms with van der Waals surface area (Å²) >= 11 is 9.52. The Labute approximate surface area is 114 Å². The number of piperidine rings is 1. The highest BCUT2D eigenvalue weighted by atomic mass is 79.9. The monoisotopic (exact) mass is 316 g/mol. The van der Waals surface area contributed by atoms with Crippen molar-refractivity contribution in [3.05, 3.63) is 28.5 Å². The van der Waals surface area contributed by atoms with Gasteiger partial charge < -0.3 is 4.90 Å². The van der Waals surface area contributed by atoms with E-state index in [1.165, 1.54) is 0 Å². The van der Waals surface area contributed by atoms with Crippen molar-refractivity contribution in [2.45, 2.75) is 18.7 Å². The molecule has 0 N–H and O–H groups in total. The summed E-state index contributed by atoms with van der Waals surface area (Å²) in [6.45, 7) is 3.52. The van der Waals surface area contributed by atoms with E-state index in [9.17, 15) is 4.79 Å². The molecule has 1 aromatic rings. The van der Waals surface area contributed by atoms with Crippen molar-refractivity contribution in [1.82, 2.24) is 9.88 Å². The van der Waals surface area contributed by atoms with E-state index in [1.54, 1.807) is 23.4 Å². The van der Waals surface area contributed by atoms with Crippen molar-refractivity contribution < 1.29 is 4.79 Å². The average Bonchev–Trinajstić information content (AvgIpc) is 2.32. The molecule has 2 atom stereocenters. The number of amides is 1. The van der Waals surface area contributed by atoms with E-state index in [0.29, 0.717) is 18.0 Å². The second-order valence-corrected chi connectivity index (χ2v) is 5.90. The molecule has 0 spiro atoms. The predicted molar refractivity (Wildman–Crippen MR) is 71.3 cm³/mol. The Morgan fingerprint density at radius 3 is 3.00 bits per heavy atom. The number of carbonyl (C=O) groups is 1. The number of halogens is 2. The van der Waals surface area contributed by atoms with E-state index in [2.05, 4.69) is 27.8 Å². The van der Waals surface area contributed by atoms with E-state index in [-0.39, 0.29) is 11.3 Å². The molecule has 17 heavy (non-hydrogen) atoms. The van der Waals surface area contributed by atoms with E-state index >= 15 is 0 Å². The number of hydrogen-bond donors (Lipinski definition) is 0. The fraction of sp³-hybridized carbons (Fsp3) is 0.500. The highest BCUT2D eigenvalue weighted by Crippen LogP contribution is 2.23. The van der Waals surface area contributed by atoms with Crippen LogP contribution in [-0.4, -0.2) is 34.3 Å². The number of pyridine rings is 1. The van der Waals surface area contributed by atoms with Gasteiger partial charge in [-0.2, -0.15) is 0 Å². The summed E-state index contributed by atoms with van der Waals surface area (Å²) in [6, 6.07) is 1.79. The highest BCUT2D eigenvalue weighted by Gasteiger charge is 2.27. The Balaban J connectivity index is 2.10. The first kappa shape index (κ1) is 12.8. The molecule has 92 valence electrons. The molecule has 1 aromatic heterocycles.